The summed E-state index contributed by atoms with van der Waals surface area (Å²) in [5, 5.41) is 17.2. The van der Waals surface area contributed by atoms with Gasteiger partial charge >= 0.3 is 11.9 Å². The van der Waals surface area contributed by atoms with E-state index in [0.29, 0.717) is 13.0 Å². The van der Waals surface area contributed by atoms with Crippen LogP contribution in [0.15, 0.2) is 0 Å². The highest BCUT2D eigenvalue weighted by Crippen LogP contribution is 2.17. The first-order valence-electron chi connectivity index (χ1n) is 5.40. The Kier molecular flexibility index (Phi) is 4.45. The van der Waals surface area contributed by atoms with E-state index in [1.807, 2.05) is 0 Å². The Morgan fingerprint density at radius 1 is 1.35 bits per heavy atom. The molecule has 2 atom stereocenters. The Morgan fingerprint density at radius 2 is 2.00 bits per heavy atom. The number of nitrogens with two attached hydrogens (primary N) is 1. The lowest BCUT2D eigenvalue weighted by Crippen LogP contribution is -2.43. The summed E-state index contributed by atoms with van der Waals surface area (Å²) in [6.45, 7) is 0.533. The molecule has 0 aromatic heterocycles. The van der Waals surface area contributed by atoms with E-state index < -0.39 is 23.9 Å². The van der Waals surface area contributed by atoms with Crippen molar-refractivity contribution in [2.75, 3.05) is 13.1 Å². The minimum atomic E-state index is -1.00. The molecule has 7 heteroatoms. The standard InChI is InChI=1S/C10H16N2O5/c11-7(1-2-8(13)14)9(15)12-4-3-6(5-12)10(16)17/h6-7H,1-5,11H2,(H,13,14)(H,16,17). The Balaban J connectivity index is 2.43. The summed E-state index contributed by atoms with van der Waals surface area (Å²) in [4.78, 5) is 34.2. The predicted molar refractivity (Wildman–Crippen MR) is 57.2 cm³/mol. The van der Waals surface area contributed by atoms with Crippen LogP contribution in [-0.2, 0) is 14.4 Å². The molecule has 1 fully saturated rings. The topological polar surface area (TPSA) is 121 Å². The number of carboxylic acid groups (broad SMARTS) is 2. The van der Waals surface area contributed by atoms with Crippen LogP contribution >= 0.6 is 0 Å². The fraction of sp³-hybridized carbons (Fsp3) is 0.700. The molecule has 1 saturated heterocycles. The lowest BCUT2D eigenvalue weighted by molar-refractivity contribution is -0.141. The van der Waals surface area contributed by atoms with Gasteiger partial charge in [0.2, 0.25) is 5.91 Å². The van der Waals surface area contributed by atoms with Gasteiger partial charge in [-0.2, -0.15) is 0 Å². The number of hydrogen-bond acceptors (Lipinski definition) is 4. The second-order valence-corrected chi connectivity index (χ2v) is 4.15. The van der Waals surface area contributed by atoms with E-state index in [-0.39, 0.29) is 25.3 Å². The summed E-state index contributed by atoms with van der Waals surface area (Å²) in [5.41, 5.74) is 5.56. The van der Waals surface area contributed by atoms with Crippen LogP contribution in [0.4, 0.5) is 0 Å². The highest BCUT2D eigenvalue weighted by molar-refractivity contribution is 5.83. The monoisotopic (exact) mass is 244 g/mol. The second kappa shape index (κ2) is 5.62. The van der Waals surface area contributed by atoms with Gasteiger partial charge in [-0.25, -0.2) is 0 Å². The Morgan fingerprint density at radius 3 is 2.47 bits per heavy atom. The number of amides is 1. The maximum Gasteiger partial charge on any atom is 0.308 e. The van der Waals surface area contributed by atoms with E-state index in [2.05, 4.69) is 0 Å². The van der Waals surface area contributed by atoms with E-state index in [9.17, 15) is 14.4 Å². The molecule has 0 radical (unpaired) electrons. The van der Waals surface area contributed by atoms with E-state index >= 15 is 0 Å². The average molecular weight is 244 g/mol. The third kappa shape index (κ3) is 3.70. The van der Waals surface area contributed by atoms with Crippen LogP contribution in [0.5, 0.6) is 0 Å². The van der Waals surface area contributed by atoms with Crippen LogP contribution in [0.3, 0.4) is 0 Å². The van der Waals surface area contributed by atoms with Gasteiger partial charge in [-0.1, -0.05) is 0 Å². The van der Waals surface area contributed by atoms with Crippen molar-refractivity contribution in [3.05, 3.63) is 0 Å². The quantitative estimate of drug-likeness (QED) is 0.577. The van der Waals surface area contributed by atoms with Crippen LogP contribution < -0.4 is 5.73 Å². The third-order valence-electron chi connectivity index (χ3n) is 2.84. The fourth-order valence-corrected chi connectivity index (χ4v) is 1.80. The highest BCUT2D eigenvalue weighted by Gasteiger charge is 2.32. The van der Waals surface area contributed by atoms with Crippen molar-refractivity contribution in [3.63, 3.8) is 0 Å². The van der Waals surface area contributed by atoms with E-state index in [4.69, 9.17) is 15.9 Å². The van der Waals surface area contributed by atoms with E-state index in [0.717, 1.165) is 0 Å². The largest absolute Gasteiger partial charge is 0.481 e. The van der Waals surface area contributed by atoms with Crippen molar-refractivity contribution in [3.8, 4) is 0 Å². The van der Waals surface area contributed by atoms with Crippen LogP contribution in [0.2, 0.25) is 0 Å². The number of nitrogens with zero attached hydrogens (tertiary/aromatic N) is 1. The zero-order chi connectivity index (χ0) is 13.0. The number of aliphatic carboxylic acids is 2. The summed E-state index contributed by atoms with van der Waals surface area (Å²) in [7, 11) is 0. The molecular formula is C10H16N2O5. The Hall–Kier alpha value is -1.63. The first kappa shape index (κ1) is 13.4. The maximum atomic E-state index is 11.7. The minimum absolute atomic E-state index is 0.0718. The maximum absolute atomic E-state index is 11.7. The highest BCUT2D eigenvalue weighted by atomic mass is 16.4. The molecule has 0 aliphatic carbocycles. The molecular weight excluding hydrogens is 228 g/mol. The summed E-state index contributed by atoms with van der Waals surface area (Å²) < 4.78 is 0. The molecule has 7 nitrogen and oxygen atoms in total. The van der Waals surface area contributed by atoms with Crippen LogP contribution in [0, 0.1) is 5.92 Å². The molecule has 0 aromatic rings. The number of likely N-dealkylation sites (tertiary alicyclic amines) is 1. The third-order valence-corrected chi connectivity index (χ3v) is 2.84. The van der Waals surface area contributed by atoms with Crippen LogP contribution in [0.25, 0.3) is 0 Å². The first-order chi connectivity index (χ1) is 7.91. The predicted octanol–water partition coefficient (Wildman–Crippen LogP) is -0.888. The molecule has 1 aliphatic heterocycles. The number of carboxylic acids is 2. The molecule has 0 bridgehead atoms. The van der Waals surface area contributed by atoms with Gasteiger partial charge in [0.15, 0.2) is 0 Å². The zero-order valence-corrected chi connectivity index (χ0v) is 9.33. The van der Waals surface area contributed by atoms with E-state index in [1.54, 1.807) is 0 Å². The molecule has 4 N–H and O–H groups in total. The van der Waals surface area contributed by atoms with Gasteiger partial charge in [-0.05, 0) is 12.8 Å². The van der Waals surface area contributed by atoms with Gasteiger partial charge in [-0.3, -0.25) is 14.4 Å². The second-order valence-electron chi connectivity index (χ2n) is 4.15. The molecule has 1 amide bonds. The van der Waals surface area contributed by atoms with Crippen molar-refractivity contribution in [1.29, 1.82) is 0 Å². The molecule has 1 heterocycles. The lowest BCUT2D eigenvalue weighted by Gasteiger charge is -2.20. The van der Waals surface area contributed by atoms with Crippen LogP contribution in [0.1, 0.15) is 19.3 Å². The molecule has 0 saturated carbocycles. The minimum Gasteiger partial charge on any atom is -0.481 e. The SMILES string of the molecule is NC(CCC(=O)O)C(=O)N1CCC(C(=O)O)C1. The van der Waals surface area contributed by atoms with Crippen LogP contribution in [-0.4, -0.2) is 52.1 Å². The molecule has 0 aromatic carbocycles. The first-order valence-corrected chi connectivity index (χ1v) is 5.40. The molecule has 0 spiro atoms. The molecule has 2 unspecified atom stereocenters. The van der Waals surface area contributed by atoms with Crippen molar-refractivity contribution in [1.82, 2.24) is 4.90 Å². The lowest BCUT2D eigenvalue weighted by atomic mass is 10.1. The molecule has 1 rings (SSSR count). The number of carbonyl (C=O) groups is 3. The summed E-state index contributed by atoms with van der Waals surface area (Å²) >= 11 is 0. The Labute approximate surface area is 98.2 Å². The normalized spacial score (nSPS) is 21.2. The van der Waals surface area contributed by atoms with Crippen molar-refractivity contribution in [2.45, 2.75) is 25.3 Å². The van der Waals surface area contributed by atoms with Gasteiger partial charge in [0, 0.05) is 19.5 Å². The number of rotatable bonds is 5. The van der Waals surface area contributed by atoms with Gasteiger partial charge in [0.05, 0.1) is 12.0 Å². The molecule has 17 heavy (non-hydrogen) atoms. The van der Waals surface area contributed by atoms with Crippen molar-refractivity contribution >= 4 is 17.8 Å². The van der Waals surface area contributed by atoms with Crippen molar-refractivity contribution in [2.24, 2.45) is 11.7 Å². The summed E-state index contributed by atoms with van der Waals surface area (Å²) in [6, 6.07) is -0.862. The Bertz CT molecular complexity index is 331. The summed E-state index contributed by atoms with van der Waals surface area (Å²) in [5.74, 6) is -2.82. The zero-order valence-electron chi connectivity index (χ0n) is 9.33. The van der Waals surface area contributed by atoms with Crippen molar-refractivity contribution < 1.29 is 24.6 Å². The number of carbonyl (C=O) groups excluding carboxylic acids is 1. The molecule has 1 aliphatic rings. The molecule has 96 valence electrons. The fourth-order valence-electron chi connectivity index (χ4n) is 1.80. The van der Waals surface area contributed by atoms with Gasteiger partial charge < -0.3 is 20.8 Å². The smallest absolute Gasteiger partial charge is 0.308 e. The number of hydrogen-bond donors (Lipinski definition) is 3. The van der Waals surface area contributed by atoms with Gasteiger partial charge in [0.1, 0.15) is 0 Å². The summed E-state index contributed by atoms with van der Waals surface area (Å²) in [6.07, 6.45) is 0.332. The van der Waals surface area contributed by atoms with Gasteiger partial charge in [-0.15, -0.1) is 0 Å². The van der Waals surface area contributed by atoms with E-state index in [1.165, 1.54) is 4.90 Å². The van der Waals surface area contributed by atoms with Gasteiger partial charge in [0.25, 0.3) is 0 Å². The average Bonchev–Trinajstić information content (AvgIpc) is 2.73.